The van der Waals surface area contributed by atoms with E-state index in [2.05, 4.69) is 14.7 Å². The van der Waals surface area contributed by atoms with Gasteiger partial charge in [-0.3, -0.25) is 4.79 Å². The van der Waals surface area contributed by atoms with E-state index >= 15 is 8.78 Å². The molecule has 0 N–H and O–H groups in total. The van der Waals surface area contributed by atoms with Gasteiger partial charge in [0.05, 0.1) is 21.9 Å². The normalized spacial score (nSPS) is 17.1. The number of rotatable bonds is 5. The summed E-state index contributed by atoms with van der Waals surface area (Å²) >= 11 is 1.29. The minimum Gasteiger partial charge on any atom is -0.463 e. The Morgan fingerprint density at radius 3 is 2.48 bits per heavy atom. The minimum atomic E-state index is -5.34. The van der Waals surface area contributed by atoms with Crippen molar-refractivity contribution in [1.82, 2.24) is 14.9 Å². The zero-order valence-electron chi connectivity index (χ0n) is 20.7. The summed E-state index contributed by atoms with van der Waals surface area (Å²) in [7, 11) is 0. The van der Waals surface area contributed by atoms with E-state index in [1.54, 1.807) is 43.3 Å². The fourth-order valence-corrected chi connectivity index (χ4v) is 5.13. The summed E-state index contributed by atoms with van der Waals surface area (Å²) in [6.07, 6.45) is -8.12. The molecule has 1 unspecified atom stereocenters. The molecule has 0 aliphatic carbocycles. The second-order valence-corrected chi connectivity index (χ2v) is 10.2. The molecule has 3 heterocycles. The van der Waals surface area contributed by atoms with Gasteiger partial charge in [-0.2, -0.15) is 13.2 Å². The highest BCUT2D eigenvalue weighted by Gasteiger charge is 2.48. The van der Waals surface area contributed by atoms with E-state index in [-0.39, 0.29) is 17.8 Å². The van der Waals surface area contributed by atoms with Crippen LogP contribution in [0.15, 0.2) is 60.7 Å². The lowest BCUT2D eigenvalue weighted by Crippen LogP contribution is -2.55. The number of para-hydroxylation sites is 1. The number of alkyl halides is 5. The molecule has 1 fully saturated rings. The molecule has 0 bridgehead atoms. The molecule has 4 aromatic rings. The van der Waals surface area contributed by atoms with Crippen molar-refractivity contribution >= 4 is 34.1 Å². The average molecular weight is 578 g/mol. The summed E-state index contributed by atoms with van der Waals surface area (Å²) < 4.78 is 78.7. The Morgan fingerprint density at radius 2 is 1.75 bits per heavy atom. The van der Waals surface area contributed by atoms with Crippen molar-refractivity contribution in [2.75, 3.05) is 13.1 Å². The highest BCUT2D eigenvalue weighted by atomic mass is 32.1. The monoisotopic (exact) mass is 577 g/mol. The molecule has 1 amide bonds. The molecular weight excluding hydrogens is 557 g/mol. The third kappa shape index (κ3) is 5.60. The summed E-state index contributed by atoms with van der Waals surface area (Å²) in [6, 6.07) is 16.2. The number of thiazole rings is 1. The summed E-state index contributed by atoms with van der Waals surface area (Å²) in [5, 5.41) is 0.896. The maximum Gasteiger partial charge on any atom is 0.491 e. The zero-order valence-corrected chi connectivity index (χ0v) is 21.6. The second-order valence-electron chi connectivity index (χ2n) is 9.02. The molecule has 40 heavy (non-hydrogen) atoms. The Balaban J connectivity index is 1.45. The number of hydrogen-bond acceptors (Lipinski definition) is 7. The molecule has 2 aromatic carbocycles. The SMILES string of the molecule is Cc1nc(C(=O)N2CCC(F)(F)C(Oc3nc4ccccc4cc3OC(=O)C(F)(F)F)C2)c(-c2ccccc2)s1. The van der Waals surface area contributed by atoms with Crippen LogP contribution in [0.1, 0.15) is 21.9 Å². The van der Waals surface area contributed by atoms with Gasteiger partial charge in [-0.25, -0.2) is 23.5 Å². The lowest BCUT2D eigenvalue weighted by atomic mass is 10.0. The molecule has 1 aliphatic rings. The largest absolute Gasteiger partial charge is 0.491 e. The standard InChI is InChI=1S/C27H20F5N3O4S/c1-15-33-21(22(40-15)16-7-3-2-4-8-16)24(36)35-12-11-26(28,29)20(14-35)39-23-19(38-25(37)27(30,31)32)13-17-9-5-6-10-18(17)34-23/h2-10,13,20H,11-12,14H2,1H3. The Morgan fingerprint density at radius 1 is 1.05 bits per heavy atom. The molecule has 208 valence electrons. The maximum absolute atomic E-state index is 15.0. The van der Waals surface area contributed by atoms with Crippen molar-refractivity contribution in [2.24, 2.45) is 0 Å². The van der Waals surface area contributed by atoms with Gasteiger partial charge in [-0.05, 0) is 24.6 Å². The van der Waals surface area contributed by atoms with Gasteiger partial charge >= 0.3 is 12.1 Å². The van der Waals surface area contributed by atoms with E-state index in [9.17, 15) is 22.8 Å². The maximum atomic E-state index is 15.0. The van der Waals surface area contributed by atoms with Crippen molar-refractivity contribution < 1.29 is 41.0 Å². The predicted octanol–water partition coefficient (Wildman–Crippen LogP) is 6.06. The van der Waals surface area contributed by atoms with E-state index in [0.717, 1.165) is 16.5 Å². The number of ether oxygens (including phenoxy) is 2. The summed E-state index contributed by atoms with van der Waals surface area (Å²) in [6.45, 7) is 0.800. The number of carbonyl (C=O) groups is 2. The van der Waals surface area contributed by atoms with Crippen molar-refractivity contribution in [2.45, 2.75) is 31.5 Å². The first-order valence-corrected chi connectivity index (χ1v) is 12.8. The van der Waals surface area contributed by atoms with Gasteiger partial charge in [0.1, 0.15) is 5.69 Å². The first-order chi connectivity index (χ1) is 18.9. The third-order valence-electron chi connectivity index (χ3n) is 6.18. The molecule has 7 nitrogen and oxygen atoms in total. The quantitative estimate of drug-likeness (QED) is 0.212. The molecule has 1 saturated heterocycles. The van der Waals surface area contributed by atoms with Crippen LogP contribution in [0.5, 0.6) is 11.6 Å². The van der Waals surface area contributed by atoms with Gasteiger partial charge in [-0.1, -0.05) is 48.5 Å². The smallest absolute Gasteiger partial charge is 0.463 e. The van der Waals surface area contributed by atoms with Gasteiger partial charge in [0.15, 0.2) is 11.9 Å². The Hall–Kier alpha value is -4.13. The number of esters is 1. The molecular formula is C27H20F5N3O4S. The number of piperidine rings is 1. The summed E-state index contributed by atoms with van der Waals surface area (Å²) in [5.41, 5.74) is 1.05. The van der Waals surface area contributed by atoms with E-state index in [0.29, 0.717) is 15.3 Å². The summed E-state index contributed by atoms with van der Waals surface area (Å²) in [4.78, 5) is 35.1. The molecule has 0 radical (unpaired) electrons. The van der Waals surface area contributed by atoms with Crippen LogP contribution in [0, 0.1) is 6.92 Å². The number of carbonyl (C=O) groups excluding carboxylic acids is 2. The Bertz CT molecular complexity index is 1580. The van der Waals surface area contributed by atoms with Crippen LogP contribution < -0.4 is 9.47 Å². The number of amides is 1. The molecule has 13 heteroatoms. The first-order valence-electron chi connectivity index (χ1n) is 12.0. The van der Waals surface area contributed by atoms with E-state index in [1.165, 1.54) is 23.5 Å². The third-order valence-corrected chi connectivity index (χ3v) is 7.20. The molecule has 1 aliphatic heterocycles. The number of benzene rings is 2. The fourth-order valence-electron chi connectivity index (χ4n) is 4.21. The number of pyridine rings is 1. The number of likely N-dealkylation sites (tertiary alicyclic amines) is 1. The number of aromatic nitrogens is 2. The number of nitrogens with zero attached hydrogens (tertiary/aromatic N) is 3. The second kappa shape index (κ2) is 10.5. The van der Waals surface area contributed by atoms with Gasteiger partial charge < -0.3 is 14.4 Å². The van der Waals surface area contributed by atoms with Crippen molar-refractivity contribution in [3.8, 4) is 22.1 Å². The van der Waals surface area contributed by atoms with E-state index in [4.69, 9.17) is 4.74 Å². The number of fused-ring (bicyclic) bond motifs is 1. The van der Waals surface area contributed by atoms with Crippen molar-refractivity contribution in [1.29, 1.82) is 0 Å². The van der Waals surface area contributed by atoms with E-state index < -0.39 is 54.7 Å². The summed E-state index contributed by atoms with van der Waals surface area (Å²) in [5.74, 6) is -8.14. The van der Waals surface area contributed by atoms with Gasteiger partial charge in [-0.15, -0.1) is 11.3 Å². The average Bonchev–Trinajstić information content (AvgIpc) is 3.31. The van der Waals surface area contributed by atoms with Crippen molar-refractivity contribution in [3.05, 3.63) is 71.4 Å². The molecule has 2 aromatic heterocycles. The molecule has 1 atom stereocenters. The van der Waals surface area contributed by atoms with Crippen LogP contribution in [0.25, 0.3) is 21.3 Å². The highest BCUT2D eigenvalue weighted by Crippen LogP contribution is 2.38. The first kappa shape index (κ1) is 27.4. The topological polar surface area (TPSA) is 81.6 Å². The van der Waals surface area contributed by atoms with Gasteiger partial charge in [0.2, 0.25) is 0 Å². The Labute approximate surface area is 228 Å². The fraction of sp³-hybridized carbons (Fsp3) is 0.259. The minimum absolute atomic E-state index is 0.0984. The number of hydrogen-bond donors (Lipinski definition) is 0. The zero-order chi connectivity index (χ0) is 28.7. The molecule has 0 saturated carbocycles. The van der Waals surface area contributed by atoms with Crippen molar-refractivity contribution in [3.63, 3.8) is 0 Å². The van der Waals surface area contributed by atoms with Gasteiger partial charge in [0, 0.05) is 18.4 Å². The van der Waals surface area contributed by atoms with Crippen LogP contribution >= 0.6 is 11.3 Å². The lowest BCUT2D eigenvalue weighted by Gasteiger charge is -2.37. The van der Waals surface area contributed by atoms with E-state index in [1.807, 2.05) is 6.07 Å². The van der Waals surface area contributed by atoms with Crippen LogP contribution in [0.4, 0.5) is 22.0 Å². The van der Waals surface area contributed by atoms with Gasteiger partial charge in [0.25, 0.3) is 17.7 Å². The predicted molar refractivity (Wildman–Crippen MR) is 136 cm³/mol. The number of aryl methyl sites for hydroxylation is 1. The van der Waals surface area contributed by atoms with Crippen LogP contribution in [-0.2, 0) is 4.79 Å². The highest BCUT2D eigenvalue weighted by molar-refractivity contribution is 7.15. The van der Waals surface area contributed by atoms with Crippen LogP contribution in [0.2, 0.25) is 0 Å². The molecule has 5 rings (SSSR count). The lowest BCUT2D eigenvalue weighted by molar-refractivity contribution is -0.190. The number of halogens is 5. The molecule has 0 spiro atoms. The van der Waals surface area contributed by atoms with Crippen LogP contribution in [0.3, 0.4) is 0 Å². The van der Waals surface area contributed by atoms with Crippen LogP contribution in [-0.4, -0.2) is 58.0 Å². The Kier molecular flexibility index (Phi) is 7.17.